The zero-order valence-electron chi connectivity index (χ0n) is 12.7. The molecule has 0 radical (unpaired) electrons. The highest BCUT2D eigenvalue weighted by Crippen LogP contribution is 2.33. The maximum atomic E-state index is 4.57. The fraction of sp³-hybridized carbons (Fsp3) is 0.733. The topological polar surface area (TPSA) is 41.1 Å². The molecule has 0 amide bonds. The Morgan fingerprint density at radius 1 is 1.37 bits per heavy atom. The molecule has 0 spiro atoms. The minimum atomic E-state index is 0.381. The van der Waals surface area contributed by atoms with Crippen LogP contribution in [0.3, 0.4) is 0 Å². The van der Waals surface area contributed by atoms with Crippen LogP contribution in [0.1, 0.15) is 45.6 Å². The Morgan fingerprint density at radius 2 is 2.16 bits per heavy atom. The van der Waals surface area contributed by atoms with Crippen molar-refractivity contribution in [2.75, 3.05) is 30.4 Å². The molecule has 4 nitrogen and oxygen atoms in total. The van der Waals surface area contributed by atoms with Crippen molar-refractivity contribution >= 4 is 11.6 Å². The monoisotopic (exact) mass is 262 g/mol. The van der Waals surface area contributed by atoms with Crippen molar-refractivity contribution in [1.29, 1.82) is 0 Å². The summed E-state index contributed by atoms with van der Waals surface area (Å²) in [5, 5.41) is 3.20. The van der Waals surface area contributed by atoms with Crippen LogP contribution < -0.4 is 10.2 Å². The zero-order chi connectivity index (χ0) is 13.9. The third kappa shape index (κ3) is 3.17. The van der Waals surface area contributed by atoms with Crippen LogP contribution in [0.25, 0.3) is 0 Å². The number of piperidine rings is 1. The van der Waals surface area contributed by atoms with Gasteiger partial charge in [0.25, 0.3) is 0 Å². The average molecular weight is 262 g/mol. The van der Waals surface area contributed by atoms with Gasteiger partial charge in [-0.2, -0.15) is 0 Å². The van der Waals surface area contributed by atoms with Crippen LogP contribution in [0.2, 0.25) is 0 Å². The van der Waals surface area contributed by atoms with Crippen molar-refractivity contribution in [2.45, 2.75) is 46.5 Å². The molecule has 0 saturated carbocycles. The van der Waals surface area contributed by atoms with E-state index in [0.29, 0.717) is 5.41 Å². The normalized spacial score (nSPS) is 18.4. The molecule has 1 aromatic heterocycles. The van der Waals surface area contributed by atoms with E-state index < -0.39 is 0 Å². The van der Waals surface area contributed by atoms with Crippen LogP contribution in [0.5, 0.6) is 0 Å². The van der Waals surface area contributed by atoms with Gasteiger partial charge in [0.15, 0.2) is 0 Å². The Labute approximate surface area is 116 Å². The van der Waals surface area contributed by atoms with Gasteiger partial charge in [-0.3, -0.25) is 0 Å². The summed E-state index contributed by atoms with van der Waals surface area (Å²) in [6.07, 6.45) is 6.38. The molecule has 0 atom stereocenters. The first-order valence-electron chi connectivity index (χ1n) is 7.34. The van der Waals surface area contributed by atoms with Gasteiger partial charge < -0.3 is 10.2 Å². The summed E-state index contributed by atoms with van der Waals surface area (Å²) in [5.74, 6) is 2.12. The Balaban J connectivity index is 2.32. The number of anilines is 2. The molecule has 2 rings (SSSR count). The summed E-state index contributed by atoms with van der Waals surface area (Å²) >= 11 is 0. The van der Waals surface area contributed by atoms with E-state index in [1.807, 2.05) is 7.05 Å². The van der Waals surface area contributed by atoms with Crippen LogP contribution in [0.15, 0.2) is 6.33 Å². The lowest BCUT2D eigenvalue weighted by atomic mass is 9.84. The minimum absolute atomic E-state index is 0.381. The molecule has 1 aromatic rings. The molecule has 0 aliphatic carbocycles. The summed E-state index contributed by atoms with van der Waals surface area (Å²) in [6, 6.07) is 0. The molecule has 1 saturated heterocycles. The van der Waals surface area contributed by atoms with Gasteiger partial charge in [-0.05, 0) is 24.7 Å². The number of nitrogens with zero attached hydrogens (tertiary/aromatic N) is 3. The van der Waals surface area contributed by atoms with Crippen molar-refractivity contribution in [3.8, 4) is 0 Å². The molecular weight excluding hydrogens is 236 g/mol. The van der Waals surface area contributed by atoms with Gasteiger partial charge in [-0.25, -0.2) is 9.97 Å². The lowest BCUT2D eigenvalue weighted by molar-refractivity contribution is 0.291. The molecule has 1 aliphatic rings. The molecule has 0 bridgehead atoms. The van der Waals surface area contributed by atoms with Crippen molar-refractivity contribution in [3.05, 3.63) is 11.9 Å². The molecule has 106 valence electrons. The Kier molecular flexibility index (Phi) is 4.27. The lowest BCUT2D eigenvalue weighted by Gasteiger charge is -2.39. The van der Waals surface area contributed by atoms with Gasteiger partial charge in [0, 0.05) is 25.7 Å². The molecule has 1 aliphatic heterocycles. The van der Waals surface area contributed by atoms with Gasteiger partial charge in [-0.1, -0.05) is 27.2 Å². The van der Waals surface area contributed by atoms with Crippen molar-refractivity contribution in [3.63, 3.8) is 0 Å². The van der Waals surface area contributed by atoms with E-state index in [4.69, 9.17) is 0 Å². The lowest BCUT2D eigenvalue weighted by Crippen LogP contribution is -2.41. The molecule has 19 heavy (non-hydrogen) atoms. The number of hydrogen-bond donors (Lipinski definition) is 1. The van der Waals surface area contributed by atoms with E-state index in [1.54, 1.807) is 6.33 Å². The predicted molar refractivity (Wildman–Crippen MR) is 80.8 cm³/mol. The van der Waals surface area contributed by atoms with E-state index in [2.05, 4.69) is 41.0 Å². The molecule has 4 heteroatoms. The van der Waals surface area contributed by atoms with E-state index in [1.165, 1.54) is 18.4 Å². The van der Waals surface area contributed by atoms with E-state index in [9.17, 15) is 0 Å². The molecule has 0 aromatic carbocycles. The average Bonchev–Trinajstić information content (AvgIpc) is 2.38. The zero-order valence-corrected chi connectivity index (χ0v) is 12.7. The van der Waals surface area contributed by atoms with E-state index >= 15 is 0 Å². The predicted octanol–water partition coefficient (Wildman–Crippen LogP) is 3.10. The second kappa shape index (κ2) is 5.76. The molecule has 2 heterocycles. The van der Waals surface area contributed by atoms with Crippen LogP contribution in [-0.2, 0) is 6.42 Å². The molecular formula is C15H26N4. The van der Waals surface area contributed by atoms with Crippen LogP contribution in [0.4, 0.5) is 11.6 Å². The first-order chi connectivity index (χ1) is 9.07. The third-order valence-electron chi connectivity index (χ3n) is 3.86. The number of aromatic nitrogens is 2. The van der Waals surface area contributed by atoms with Gasteiger partial charge >= 0.3 is 0 Å². The summed E-state index contributed by atoms with van der Waals surface area (Å²) in [4.78, 5) is 11.4. The van der Waals surface area contributed by atoms with Crippen LogP contribution in [0, 0.1) is 5.41 Å². The number of rotatable bonds is 4. The number of hydrogen-bond acceptors (Lipinski definition) is 4. The van der Waals surface area contributed by atoms with Crippen molar-refractivity contribution in [2.24, 2.45) is 5.41 Å². The second-order valence-electron chi connectivity index (χ2n) is 6.21. The first-order valence-corrected chi connectivity index (χ1v) is 7.34. The van der Waals surface area contributed by atoms with Crippen molar-refractivity contribution < 1.29 is 0 Å². The Morgan fingerprint density at radius 3 is 2.79 bits per heavy atom. The highest BCUT2D eigenvalue weighted by molar-refractivity contribution is 5.59. The molecule has 0 unspecified atom stereocenters. The third-order valence-corrected chi connectivity index (χ3v) is 3.86. The smallest absolute Gasteiger partial charge is 0.137 e. The second-order valence-corrected chi connectivity index (χ2v) is 6.21. The fourth-order valence-corrected chi connectivity index (χ4v) is 2.98. The van der Waals surface area contributed by atoms with E-state index in [0.717, 1.165) is 37.6 Å². The van der Waals surface area contributed by atoms with Gasteiger partial charge in [-0.15, -0.1) is 0 Å². The first kappa shape index (κ1) is 14.1. The summed E-state index contributed by atoms with van der Waals surface area (Å²) in [6.45, 7) is 9.10. The standard InChI is InChI=1S/C15H26N4/c1-5-7-12-13(16-4)17-11-18-14(12)19-9-6-8-15(2,3)10-19/h11H,5-10H2,1-4H3,(H,16,17,18). The Bertz CT molecular complexity index is 428. The minimum Gasteiger partial charge on any atom is -0.373 e. The summed E-state index contributed by atoms with van der Waals surface area (Å²) in [7, 11) is 1.94. The van der Waals surface area contributed by atoms with Crippen molar-refractivity contribution in [1.82, 2.24) is 9.97 Å². The highest BCUT2D eigenvalue weighted by atomic mass is 15.2. The number of nitrogens with one attached hydrogen (secondary N) is 1. The SMILES string of the molecule is CCCc1c(NC)ncnc1N1CCCC(C)(C)C1. The van der Waals surface area contributed by atoms with Gasteiger partial charge in [0.1, 0.15) is 18.0 Å². The van der Waals surface area contributed by atoms with Gasteiger partial charge in [0.2, 0.25) is 0 Å². The van der Waals surface area contributed by atoms with E-state index in [-0.39, 0.29) is 0 Å². The Hall–Kier alpha value is -1.32. The van der Waals surface area contributed by atoms with Crippen LogP contribution >= 0.6 is 0 Å². The maximum Gasteiger partial charge on any atom is 0.137 e. The van der Waals surface area contributed by atoms with Crippen LogP contribution in [-0.4, -0.2) is 30.1 Å². The van der Waals surface area contributed by atoms with Gasteiger partial charge in [0.05, 0.1) is 0 Å². The maximum absolute atomic E-state index is 4.57. The molecule has 1 fully saturated rings. The quantitative estimate of drug-likeness (QED) is 0.905. The highest BCUT2D eigenvalue weighted by Gasteiger charge is 2.28. The largest absolute Gasteiger partial charge is 0.373 e. The fourth-order valence-electron chi connectivity index (χ4n) is 2.98. The summed E-state index contributed by atoms with van der Waals surface area (Å²) in [5.41, 5.74) is 1.65. The molecule has 1 N–H and O–H groups in total. The summed E-state index contributed by atoms with van der Waals surface area (Å²) < 4.78 is 0.